The number of para-hydroxylation sites is 1. The van der Waals surface area contributed by atoms with Crippen LogP contribution in [0.4, 0.5) is 5.69 Å². The van der Waals surface area contributed by atoms with E-state index >= 15 is 0 Å². The minimum atomic E-state index is -1.32. The molecular weight excluding hydrogens is 346 g/mol. The molecule has 5 rings (SSSR count). The number of benzene rings is 2. The molecule has 2 aromatic carbocycles. The summed E-state index contributed by atoms with van der Waals surface area (Å²) in [7, 11) is 0. The number of hydrogen-bond acceptors (Lipinski definition) is 4. The number of nitrogens with zero attached hydrogens (tertiary/aromatic N) is 3. The Balaban J connectivity index is 1.77. The van der Waals surface area contributed by atoms with E-state index in [0.717, 1.165) is 29.7 Å². The van der Waals surface area contributed by atoms with E-state index in [9.17, 15) is 15.3 Å². The number of fused-ring (bicyclic) bond motifs is 3. The molecule has 1 saturated heterocycles. The summed E-state index contributed by atoms with van der Waals surface area (Å²) in [6.07, 6.45) is 5.72. The molecule has 2 aromatic rings. The first-order valence-corrected chi connectivity index (χ1v) is 9.68. The molecule has 2 aliphatic heterocycles. The molecule has 0 aromatic heterocycles. The number of ketones is 1. The Morgan fingerprint density at radius 1 is 1.00 bits per heavy atom. The Morgan fingerprint density at radius 3 is 2.36 bits per heavy atom. The smallest absolute Gasteiger partial charge is 0.176 e. The lowest BCUT2D eigenvalue weighted by Gasteiger charge is -2.35. The summed E-state index contributed by atoms with van der Waals surface area (Å²) in [6.45, 7) is 0. The lowest BCUT2D eigenvalue weighted by molar-refractivity contribution is -0.121. The van der Waals surface area contributed by atoms with Crippen molar-refractivity contribution in [1.29, 1.82) is 10.5 Å². The molecule has 4 heteroatoms. The SMILES string of the molecule is N#CC1(C#N)[C@@H](c2ccccc2)[C@H](C(=O)C2CC2)N2c3ccccc3C=C[C@@H]21. The molecule has 136 valence electrons. The first-order valence-electron chi connectivity index (χ1n) is 9.68. The van der Waals surface area contributed by atoms with E-state index in [0.29, 0.717) is 0 Å². The van der Waals surface area contributed by atoms with Crippen LogP contribution in [0.3, 0.4) is 0 Å². The summed E-state index contributed by atoms with van der Waals surface area (Å²) in [4.78, 5) is 15.5. The van der Waals surface area contributed by atoms with Crippen molar-refractivity contribution in [3.63, 3.8) is 0 Å². The fraction of sp³-hybridized carbons (Fsp3) is 0.292. The predicted octanol–water partition coefficient (Wildman–Crippen LogP) is 4.07. The van der Waals surface area contributed by atoms with Gasteiger partial charge in [-0.05, 0) is 30.0 Å². The number of carbonyl (C=O) groups excluding carboxylic acids is 1. The third-order valence-corrected chi connectivity index (χ3v) is 6.35. The zero-order valence-electron chi connectivity index (χ0n) is 15.3. The van der Waals surface area contributed by atoms with E-state index in [4.69, 9.17) is 0 Å². The van der Waals surface area contributed by atoms with Crippen LogP contribution >= 0.6 is 0 Å². The van der Waals surface area contributed by atoms with Crippen molar-refractivity contribution in [2.24, 2.45) is 11.3 Å². The van der Waals surface area contributed by atoms with Gasteiger partial charge in [-0.2, -0.15) is 10.5 Å². The van der Waals surface area contributed by atoms with E-state index in [1.807, 2.05) is 66.7 Å². The highest BCUT2D eigenvalue weighted by Crippen LogP contribution is 2.56. The third kappa shape index (κ3) is 2.18. The molecule has 3 atom stereocenters. The van der Waals surface area contributed by atoms with Gasteiger partial charge in [-0.15, -0.1) is 0 Å². The first kappa shape index (κ1) is 16.8. The molecule has 0 N–H and O–H groups in total. The number of hydrogen-bond donors (Lipinski definition) is 0. The molecule has 0 spiro atoms. The van der Waals surface area contributed by atoms with Crippen LogP contribution in [0, 0.1) is 34.0 Å². The van der Waals surface area contributed by atoms with Gasteiger partial charge in [0.25, 0.3) is 0 Å². The molecule has 2 heterocycles. The van der Waals surface area contributed by atoms with Crippen LogP contribution in [0.25, 0.3) is 6.08 Å². The molecule has 2 fully saturated rings. The number of nitriles is 2. The number of anilines is 1. The van der Waals surface area contributed by atoms with Gasteiger partial charge in [0, 0.05) is 17.5 Å². The van der Waals surface area contributed by atoms with E-state index < -0.39 is 23.4 Å². The zero-order valence-corrected chi connectivity index (χ0v) is 15.3. The Bertz CT molecular complexity index is 1040. The van der Waals surface area contributed by atoms with Crippen LogP contribution in [-0.2, 0) is 4.79 Å². The average molecular weight is 365 g/mol. The molecule has 0 unspecified atom stereocenters. The number of rotatable bonds is 3. The lowest BCUT2D eigenvalue weighted by Crippen LogP contribution is -2.44. The number of carbonyl (C=O) groups is 1. The third-order valence-electron chi connectivity index (χ3n) is 6.35. The zero-order chi connectivity index (χ0) is 19.3. The minimum Gasteiger partial charge on any atom is -0.351 e. The largest absolute Gasteiger partial charge is 0.351 e. The van der Waals surface area contributed by atoms with Gasteiger partial charge in [0.15, 0.2) is 11.2 Å². The van der Waals surface area contributed by atoms with Crippen molar-refractivity contribution in [3.8, 4) is 12.1 Å². The van der Waals surface area contributed by atoms with E-state index in [-0.39, 0.29) is 11.7 Å². The van der Waals surface area contributed by atoms with Gasteiger partial charge >= 0.3 is 0 Å². The summed E-state index contributed by atoms with van der Waals surface area (Å²) in [5.74, 6) is -0.281. The topological polar surface area (TPSA) is 67.9 Å². The van der Waals surface area contributed by atoms with E-state index in [1.54, 1.807) is 0 Å². The van der Waals surface area contributed by atoms with Crippen molar-refractivity contribution < 1.29 is 4.79 Å². The van der Waals surface area contributed by atoms with Gasteiger partial charge < -0.3 is 4.90 Å². The molecular formula is C24H19N3O. The second kappa shape index (κ2) is 6.08. The van der Waals surface area contributed by atoms with Crippen molar-refractivity contribution in [1.82, 2.24) is 0 Å². The fourth-order valence-corrected chi connectivity index (χ4v) is 4.90. The molecule has 0 radical (unpaired) electrons. The highest BCUT2D eigenvalue weighted by atomic mass is 16.1. The van der Waals surface area contributed by atoms with Crippen molar-refractivity contribution in [2.45, 2.75) is 30.8 Å². The summed E-state index contributed by atoms with van der Waals surface area (Å²) in [5, 5.41) is 20.5. The quantitative estimate of drug-likeness (QED) is 0.822. The highest BCUT2D eigenvalue weighted by Gasteiger charge is 2.64. The normalized spacial score (nSPS) is 26.6. The van der Waals surface area contributed by atoms with Gasteiger partial charge in [0.1, 0.15) is 0 Å². The Kier molecular flexibility index (Phi) is 3.64. The van der Waals surface area contributed by atoms with Crippen molar-refractivity contribution in [2.75, 3.05) is 4.90 Å². The van der Waals surface area contributed by atoms with Gasteiger partial charge in [-0.25, -0.2) is 0 Å². The molecule has 1 saturated carbocycles. The maximum atomic E-state index is 13.5. The van der Waals surface area contributed by atoms with Crippen LogP contribution < -0.4 is 4.90 Å². The van der Waals surface area contributed by atoms with Crippen LogP contribution in [-0.4, -0.2) is 17.9 Å². The maximum Gasteiger partial charge on any atom is 0.176 e. The summed E-state index contributed by atoms with van der Waals surface area (Å²) in [5.41, 5.74) is 1.51. The van der Waals surface area contributed by atoms with E-state index in [2.05, 4.69) is 17.0 Å². The average Bonchev–Trinajstić information content (AvgIpc) is 3.56. The Labute approximate surface area is 164 Å². The number of Topliss-reactive ketones (excluding diaryl/α,β-unsaturated/α-hetero) is 1. The van der Waals surface area contributed by atoms with Gasteiger partial charge in [0.2, 0.25) is 0 Å². The summed E-state index contributed by atoms with van der Waals surface area (Å²) < 4.78 is 0. The van der Waals surface area contributed by atoms with Crippen LogP contribution in [0.5, 0.6) is 0 Å². The monoisotopic (exact) mass is 365 g/mol. The minimum absolute atomic E-state index is 0.0446. The van der Waals surface area contributed by atoms with Gasteiger partial charge in [-0.3, -0.25) is 4.79 Å². The Hall–Kier alpha value is -3.37. The van der Waals surface area contributed by atoms with Crippen LogP contribution in [0.1, 0.15) is 29.9 Å². The second-order valence-corrected chi connectivity index (χ2v) is 7.87. The van der Waals surface area contributed by atoms with Crippen LogP contribution in [0.2, 0.25) is 0 Å². The molecule has 0 bridgehead atoms. The van der Waals surface area contributed by atoms with Crippen LogP contribution in [0.15, 0.2) is 60.7 Å². The first-order chi connectivity index (χ1) is 13.7. The van der Waals surface area contributed by atoms with E-state index in [1.165, 1.54) is 0 Å². The summed E-state index contributed by atoms with van der Waals surface area (Å²) >= 11 is 0. The molecule has 3 aliphatic rings. The lowest BCUT2D eigenvalue weighted by atomic mass is 9.69. The van der Waals surface area contributed by atoms with Gasteiger partial charge in [0.05, 0.1) is 24.2 Å². The van der Waals surface area contributed by atoms with Gasteiger partial charge in [-0.1, -0.05) is 60.7 Å². The molecule has 28 heavy (non-hydrogen) atoms. The van der Waals surface area contributed by atoms with Crippen molar-refractivity contribution in [3.05, 3.63) is 71.8 Å². The molecule has 4 nitrogen and oxygen atoms in total. The maximum absolute atomic E-state index is 13.5. The summed E-state index contributed by atoms with van der Waals surface area (Å²) in [6, 6.07) is 21.3. The predicted molar refractivity (Wildman–Crippen MR) is 106 cm³/mol. The standard InChI is InChI=1S/C24H19N3O/c25-14-24(15-26)20-13-12-16-6-4-5-9-19(16)27(20)22(23(28)18-10-11-18)21(24)17-7-2-1-3-8-17/h1-9,12-13,18,20-22H,10-11H2/t20-,21+,22-/m1/s1. The second-order valence-electron chi connectivity index (χ2n) is 7.87. The Morgan fingerprint density at radius 2 is 1.68 bits per heavy atom. The van der Waals surface area contributed by atoms with Crippen molar-refractivity contribution >= 4 is 17.5 Å². The highest BCUT2D eigenvalue weighted by molar-refractivity contribution is 5.95. The molecule has 1 aliphatic carbocycles. The fourth-order valence-electron chi connectivity index (χ4n) is 4.90. The molecule has 0 amide bonds.